The van der Waals surface area contributed by atoms with E-state index < -0.39 is 17.2 Å². The summed E-state index contributed by atoms with van der Waals surface area (Å²) in [4.78, 5) is 4.41. The highest BCUT2D eigenvalue weighted by Gasteiger charge is 2.35. The van der Waals surface area contributed by atoms with E-state index in [9.17, 15) is 19.0 Å². The second kappa shape index (κ2) is 6.22. The number of pyridine rings is 1. The predicted molar refractivity (Wildman–Crippen MR) is 87.4 cm³/mol. The maximum atomic E-state index is 14.9. The smallest absolute Gasteiger partial charge is 0.155 e. The molecule has 1 aromatic carbocycles. The quantitative estimate of drug-likeness (QED) is 0.876. The number of hydrogen-bond donors (Lipinski definition) is 2. The molecule has 3 nitrogen and oxygen atoms in total. The van der Waals surface area contributed by atoms with E-state index in [1.807, 2.05) is 0 Å². The molecule has 1 saturated carbocycles. The number of aromatic nitrogens is 1. The van der Waals surface area contributed by atoms with Crippen molar-refractivity contribution in [3.05, 3.63) is 53.2 Å². The molecule has 1 aliphatic carbocycles. The Morgan fingerprint density at radius 1 is 1.21 bits per heavy atom. The molecule has 24 heavy (non-hydrogen) atoms. The van der Waals surface area contributed by atoms with E-state index in [0.717, 1.165) is 12.8 Å². The third-order valence-corrected chi connectivity index (χ3v) is 4.52. The highest BCUT2D eigenvalue weighted by molar-refractivity contribution is 5.61. The van der Waals surface area contributed by atoms with Gasteiger partial charge >= 0.3 is 0 Å². The van der Waals surface area contributed by atoms with E-state index in [0.29, 0.717) is 17.2 Å². The molecule has 0 saturated heterocycles. The SMILES string of the molecule is CC(C)(O)c1cc(C(CO)C2CC2)nc(-c2ccc(F)cc2)c1F. The summed E-state index contributed by atoms with van der Waals surface area (Å²) >= 11 is 0. The number of aliphatic hydroxyl groups excluding tert-OH is 1. The number of aliphatic hydroxyl groups is 2. The normalized spacial score (nSPS) is 16.2. The Hall–Kier alpha value is -1.85. The van der Waals surface area contributed by atoms with Gasteiger partial charge in [0.1, 0.15) is 11.5 Å². The molecule has 2 aromatic rings. The van der Waals surface area contributed by atoms with Gasteiger partial charge in [0.05, 0.1) is 12.2 Å². The molecule has 2 N–H and O–H groups in total. The fourth-order valence-electron chi connectivity index (χ4n) is 2.97. The Labute approximate surface area is 140 Å². The van der Waals surface area contributed by atoms with Crippen LogP contribution in [0.15, 0.2) is 30.3 Å². The second-order valence-corrected chi connectivity index (χ2v) is 6.95. The second-order valence-electron chi connectivity index (χ2n) is 6.95. The van der Waals surface area contributed by atoms with Gasteiger partial charge in [-0.05, 0) is 62.9 Å². The summed E-state index contributed by atoms with van der Waals surface area (Å²) in [6, 6.07) is 6.96. The summed E-state index contributed by atoms with van der Waals surface area (Å²) in [5.74, 6) is -0.871. The van der Waals surface area contributed by atoms with Gasteiger partial charge in [0.25, 0.3) is 0 Å². The third-order valence-electron chi connectivity index (χ3n) is 4.52. The van der Waals surface area contributed by atoms with Gasteiger partial charge in [-0.3, -0.25) is 0 Å². The van der Waals surface area contributed by atoms with Crippen molar-refractivity contribution in [2.45, 2.75) is 38.2 Å². The Bertz CT molecular complexity index is 734. The number of nitrogens with zero attached hydrogens (tertiary/aromatic N) is 1. The van der Waals surface area contributed by atoms with Gasteiger partial charge in [-0.25, -0.2) is 13.8 Å². The Morgan fingerprint density at radius 2 is 1.83 bits per heavy atom. The van der Waals surface area contributed by atoms with Crippen molar-refractivity contribution in [1.82, 2.24) is 4.98 Å². The van der Waals surface area contributed by atoms with E-state index in [1.165, 1.54) is 38.1 Å². The van der Waals surface area contributed by atoms with E-state index in [-0.39, 0.29) is 23.8 Å². The summed E-state index contributed by atoms with van der Waals surface area (Å²) in [6.45, 7) is 2.95. The van der Waals surface area contributed by atoms with E-state index in [1.54, 1.807) is 6.07 Å². The molecule has 3 rings (SSSR count). The number of halogens is 2. The van der Waals surface area contributed by atoms with Crippen LogP contribution in [0, 0.1) is 17.6 Å². The number of benzene rings is 1. The first-order valence-electron chi connectivity index (χ1n) is 8.11. The van der Waals surface area contributed by atoms with Gasteiger partial charge in [0.15, 0.2) is 5.82 Å². The van der Waals surface area contributed by atoms with Crippen molar-refractivity contribution in [2.75, 3.05) is 6.61 Å². The lowest BCUT2D eigenvalue weighted by atomic mass is 9.91. The molecule has 1 fully saturated rings. The minimum Gasteiger partial charge on any atom is -0.396 e. The molecular formula is C19H21F2NO2. The summed E-state index contributed by atoms with van der Waals surface area (Å²) in [6.07, 6.45) is 2.02. The molecule has 0 radical (unpaired) electrons. The topological polar surface area (TPSA) is 53.4 Å². The highest BCUT2D eigenvalue weighted by atomic mass is 19.1. The highest BCUT2D eigenvalue weighted by Crippen LogP contribution is 2.43. The summed E-state index contributed by atoms with van der Waals surface area (Å²) in [5.41, 5.74) is -0.179. The summed E-state index contributed by atoms with van der Waals surface area (Å²) in [5, 5.41) is 20.0. The van der Waals surface area contributed by atoms with Crippen molar-refractivity contribution in [2.24, 2.45) is 5.92 Å². The molecule has 5 heteroatoms. The fraction of sp³-hybridized carbons (Fsp3) is 0.421. The largest absolute Gasteiger partial charge is 0.396 e. The van der Waals surface area contributed by atoms with Crippen LogP contribution in [0.3, 0.4) is 0 Å². The molecule has 0 aliphatic heterocycles. The Balaban J connectivity index is 2.17. The van der Waals surface area contributed by atoms with E-state index in [4.69, 9.17) is 0 Å². The first-order chi connectivity index (χ1) is 11.3. The average Bonchev–Trinajstić information content (AvgIpc) is 3.34. The predicted octanol–water partition coefficient (Wildman–Crippen LogP) is 3.74. The van der Waals surface area contributed by atoms with Crippen LogP contribution in [-0.2, 0) is 5.60 Å². The van der Waals surface area contributed by atoms with Crippen molar-refractivity contribution < 1.29 is 19.0 Å². The molecule has 0 bridgehead atoms. The summed E-state index contributed by atoms with van der Waals surface area (Å²) < 4.78 is 28.1. The van der Waals surface area contributed by atoms with Crippen LogP contribution in [-0.4, -0.2) is 21.8 Å². The molecule has 1 aliphatic rings. The number of hydrogen-bond acceptors (Lipinski definition) is 3. The van der Waals surface area contributed by atoms with Crippen molar-refractivity contribution in [3.63, 3.8) is 0 Å². The molecular weight excluding hydrogens is 312 g/mol. The zero-order chi connectivity index (χ0) is 17.5. The monoisotopic (exact) mass is 333 g/mol. The Kier molecular flexibility index (Phi) is 4.40. The van der Waals surface area contributed by atoms with Gasteiger partial charge in [0.2, 0.25) is 0 Å². The molecule has 0 amide bonds. The molecule has 0 spiro atoms. The van der Waals surface area contributed by atoms with Crippen LogP contribution in [0.2, 0.25) is 0 Å². The van der Waals surface area contributed by atoms with Crippen molar-refractivity contribution >= 4 is 0 Å². The van der Waals surface area contributed by atoms with Crippen LogP contribution in [0.1, 0.15) is 43.9 Å². The van der Waals surface area contributed by atoms with Crippen LogP contribution in [0.25, 0.3) is 11.3 Å². The average molecular weight is 333 g/mol. The first kappa shape index (κ1) is 17.0. The summed E-state index contributed by atoms with van der Waals surface area (Å²) in [7, 11) is 0. The molecule has 128 valence electrons. The molecule has 1 aromatic heterocycles. The van der Waals surface area contributed by atoms with Gasteiger partial charge in [-0.15, -0.1) is 0 Å². The Morgan fingerprint density at radius 3 is 2.33 bits per heavy atom. The minimum atomic E-state index is -1.39. The van der Waals surface area contributed by atoms with Gasteiger partial charge in [0, 0.05) is 22.7 Å². The van der Waals surface area contributed by atoms with Crippen LogP contribution in [0.4, 0.5) is 8.78 Å². The van der Waals surface area contributed by atoms with Gasteiger partial charge < -0.3 is 10.2 Å². The zero-order valence-corrected chi connectivity index (χ0v) is 13.8. The third kappa shape index (κ3) is 3.32. The first-order valence-corrected chi connectivity index (χ1v) is 8.11. The lowest BCUT2D eigenvalue weighted by molar-refractivity contribution is 0.0742. The minimum absolute atomic E-state index is 0.0720. The van der Waals surface area contributed by atoms with Crippen molar-refractivity contribution in [3.8, 4) is 11.3 Å². The van der Waals surface area contributed by atoms with Crippen LogP contribution in [0.5, 0.6) is 0 Å². The standard InChI is InChI=1S/C19H21F2NO2/c1-19(2,24)15-9-16(14(10-23)11-3-4-11)22-18(17(15)21)12-5-7-13(20)8-6-12/h5-9,11,14,23-24H,3-4,10H2,1-2H3. The van der Waals surface area contributed by atoms with Gasteiger partial charge in [-0.1, -0.05) is 0 Å². The van der Waals surface area contributed by atoms with E-state index in [2.05, 4.69) is 4.98 Å². The van der Waals surface area contributed by atoms with E-state index >= 15 is 0 Å². The molecule has 1 heterocycles. The van der Waals surface area contributed by atoms with Crippen molar-refractivity contribution in [1.29, 1.82) is 0 Å². The number of rotatable bonds is 5. The van der Waals surface area contributed by atoms with Crippen LogP contribution >= 0.6 is 0 Å². The lowest BCUT2D eigenvalue weighted by Gasteiger charge is -2.23. The van der Waals surface area contributed by atoms with Crippen LogP contribution < -0.4 is 0 Å². The van der Waals surface area contributed by atoms with Gasteiger partial charge in [-0.2, -0.15) is 0 Å². The molecule has 1 unspecified atom stereocenters. The maximum absolute atomic E-state index is 14.9. The fourth-order valence-corrected chi connectivity index (χ4v) is 2.97. The lowest BCUT2D eigenvalue weighted by Crippen LogP contribution is -2.21. The maximum Gasteiger partial charge on any atom is 0.155 e. The molecule has 1 atom stereocenters. The zero-order valence-electron chi connectivity index (χ0n) is 13.8.